The van der Waals surface area contributed by atoms with E-state index in [9.17, 15) is 9.18 Å². The van der Waals surface area contributed by atoms with Gasteiger partial charge in [-0.1, -0.05) is 60.3 Å². The first-order valence-corrected chi connectivity index (χ1v) is 10.4. The number of para-hydroxylation sites is 1. The first kappa shape index (κ1) is 19.8. The quantitative estimate of drug-likeness (QED) is 0.450. The Morgan fingerprint density at radius 2 is 1.57 bits per heavy atom. The number of thioether (sulfide) groups is 1. The molecule has 1 heterocycles. The van der Waals surface area contributed by atoms with Crippen molar-refractivity contribution >= 4 is 17.7 Å². The highest BCUT2D eigenvalue weighted by atomic mass is 32.2. The van der Waals surface area contributed by atoms with E-state index in [-0.39, 0.29) is 17.5 Å². The Morgan fingerprint density at radius 3 is 2.27 bits per heavy atom. The molecule has 1 N–H and O–H groups in total. The Hall–Kier alpha value is -3.45. The minimum Gasteiger partial charge on any atom is -0.351 e. The summed E-state index contributed by atoms with van der Waals surface area (Å²) in [5, 5.41) is 12.1. The molecule has 30 heavy (non-hydrogen) atoms. The molecule has 0 saturated carbocycles. The van der Waals surface area contributed by atoms with Crippen molar-refractivity contribution < 1.29 is 9.18 Å². The van der Waals surface area contributed by atoms with E-state index in [1.807, 2.05) is 65.2 Å². The van der Waals surface area contributed by atoms with Crippen LogP contribution in [0.4, 0.5) is 4.39 Å². The number of hydrogen-bond donors (Lipinski definition) is 1. The van der Waals surface area contributed by atoms with Gasteiger partial charge in [0.2, 0.25) is 5.91 Å². The molecule has 1 amide bonds. The minimum atomic E-state index is -0.311. The third kappa shape index (κ3) is 4.75. The van der Waals surface area contributed by atoms with Gasteiger partial charge in [0.25, 0.3) is 0 Å². The number of benzene rings is 3. The SMILES string of the molecule is O=C(CSc1nnc(-c2ccc(F)cc2)n1-c1ccccc1)NCc1ccccc1. The summed E-state index contributed by atoms with van der Waals surface area (Å²) in [6.45, 7) is 0.479. The van der Waals surface area contributed by atoms with Gasteiger partial charge >= 0.3 is 0 Å². The van der Waals surface area contributed by atoms with Crippen LogP contribution < -0.4 is 5.32 Å². The van der Waals surface area contributed by atoms with E-state index in [4.69, 9.17) is 0 Å². The van der Waals surface area contributed by atoms with E-state index in [1.165, 1.54) is 23.9 Å². The molecule has 0 aliphatic carbocycles. The van der Waals surface area contributed by atoms with Crippen molar-refractivity contribution in [3.63, 3.8) is 0 Å². The van der Waals surface area contributed by atoms with Gasteiger partial charge in [0, 0.05) is 17.8 Å². The van der Waals surface area contributed by atoms with E-state index >= 15 is 0 Å². The second-order valence-electron chi connectivity index (χ2n) is 6.54. The van der Waals surface area contributed by atoms with Crippen LogP contribution in [-0.2, 0) is 11.3 Å². The van der Waals surface area contributed by atoms with Crippen molar-refractivity contribution in [2.75, 3.05) is 5.75 Å². The molecular weight excluding hydrogens is 399 g/mol. The maximum atomic E-state index is 13.3. The van der Waals surface area contributed by atoms with Crippen molar-refractivity contribution in [2.45, 2.75) is 11.7 Å². The van der Waals surface area contributed by atoms with E-state index in [0.29, 0.717) is 17.5 Å². The third-order valence-corrected chi connectivity index (χ3v) is 5.34. The molecule has 5 nitrogen and oxygen atoms in total. The fourth-order valence-electron chi connectivity index (χ4n) is 2.94. The molecule has 3 aromatic carbocycles. The lowest BCUT2D eigenvalue weighted by atomic mass is 10.2. The van der Waals surface area contributed by atoms with Gasteiger partial charge in [0.15, 0.2) is 11.0 Å². The Balaban J connectivity index is 1.53. The van der Waals surface area contributed by atoms with Crippen LogP contribution in [0.15, 0.2) is 90.1 Å². The number of carbonyl (C=O) groups is 1. The Labute approximate surface area is 178 Å². The Kier molecular flexibility index (Phi) is 6.20. The highest BCUT2D eigenvalue weighted by molar-refractivity contribution is 7.99. The number of hydrogen-bond acceptors (Lipinski definition) is 4. The number of nitrogens with one attached hydrogen (secondary N) is 1. The van der Waals surface area contributed by atoms with Crippen molar-refractivity contribution in [1.82, 2.24) is 20.1 Å². The molecule has 4 rings (SSSR count). The normalized spacial score (nSPS) is 10.7. The van der Waals surface area contributed by atoms with Gasteiger partial charge in [-0.25, -0.2) is 4.39 Å². The number of carbonyl (C=O) groups excluding carboxylic acids is 1. The second-order valence-corrected chi connectivity index (χ2v) is 7.48. The number of amides is 1. The lowest BCUT2D eigenvalue weighted by molar-refractivity contribution is -0.118. The predicted molar refractivity (Wildman–Crippen MR) is 116 cm³/mol. The highest BCUT2D eigenvalue weighted by Gasteiger charge is 2.17. The molecule has 4 aromatic rings. The van der Waals surface area contributed by atoms with Crippen LogP contribution in [0.25, 0.3) is 17.1 Å². The molecule has 0 atom stereocenters. The van der Waals surface area contributed by atoms with Gasteiger partial charge in [-0.3, -0.25) is 9.36 Å². The van der Waals surface area contributed by atoms with E-state index < -0.39 is 0 Å². The topological polar surface area (TPSA) is 59.8 Å². The van der Waals surface area contributed by atoms with E-state index in [1.54, 1.807) is 12.1 Å². The number of aromatic nitrogens is 3. The number of nitrogens with zero attached hydrogens (tertiary/aromatic N) is 3. The molecule has 0 radical (unpaired) electrons. The highest BCUT2D eigenvalue weighted by Crippen LogP contribution is 2.28. The van der Waals surface area contributed by atoms with Crippen molar-refractivity contribution in [2.24, 2.45) is 0 Å². The van der Waals surface area contributed by atoms with Crippen molar-refractivity contribution in [1.29, 1.82) is 0 Å². The van der Waals surface area contributed by atoms with Crippen LogP contribution in [0.3, 0.4) is 0 Å². The summed E-state index contributed by atoms with van der Waals surface area (Å²) in [4.78, 5) is 12.3. The van der Waals surface area contributed by atoms with Crippen LogP contribution >= 0.6 is 11.8 Å². The molecule has 7 heteroatoms. The van der Waals surface area contributed by atoms with Gasteiger partial charge in [0.1, 0.15) is 5.82 Å². The summed E-state index contributed by atoms with van der Waals surface area (Å²) in [7, 11) is 0. The lowest BCUT2D eigenvalue weighted by Gasteiger charge is -2.10. The summed E-state index contributed by atoms with van der Waals surface area (Å²) in [5.41, 5.74) is 2.66. The maximum absolute atomic E-state index is 13.3. The van der Waals surface area contributed by atoms with Gasteiger partial charge in [0.05, 0.1) is 5.75 Å². The maximum Gasteiger partial charge on any atom is 0.230 e. The van der Waals surface area contributed by atoms with Crippen molar-refractivity contribution in [3.05, 3.63) is 96.3 Å². The molecule has 0 saturated heterocycles. The molecule has 0 aliphatic heterocycles. The zero-order valence-electron chi connectivity index (χ0n) is 16.0. The van der Waals surface area contributed by atoms with Crippen LogP contribution in [-0.4, -0.2) is 26.4 Å². The monoisotopic (exact) mass is 418 g/mol. The fourth-order valence-corrected chi connectivity index (χ4v) is 3.72. The van der Waals surface area contributed by atoms with Gasteiger partial charge in [-0.15, -0.1) is 10.2 Å². The second kappa shape index (κ2) is 9.37. The largest absolute Gasteiger partial charge is 0.351 e. The van der Waals surface area contributed by atoms with Gasteiger partial charge < -0.3 is 5.32 Å². The first-order chi connectivity index (χ1) is 14.7. The fraction of sp³-hybridized carbons (Fsp3) is 0.0870. The van der Waals surface area contributed by atoms with E-state index in [0.717, 1.165) is 16.8 Å². The zero-order valence-corrected chi connectivity index (χ0v) is 16.8. The Bertz CT molecular complexity index is 1120. The van der Waals surface area contributed by atoms with Crippen LogP contribution in [0, 0.1) is 5.82 Å². The summed E-state index contributed by atoms with van der Waals surface area (Å²) in [6, 6.07) is 25.5. The first-order valence-electron chi connectivity index (χ1n) is 9.41. The zero-order chi connectivity index (χ0) is 20.8. The summed E-state index contributed by atoms with van der Waals surface area (Å²) in [5.74, 6) is 0.402. The van der Waals surface area contributed by atoms with Gasteiger partial charge in [-0.2, -0.15) is 0 Å². The summed E-state index contributed by atoms with van der Waals surface area (Å²) >= 11 is 1.31. The predicted octanol–water partition coefficient (Wildman–Crippen LogP) is 4.48. The van der Waals surface area contributed by atoms with Crippen LogP contribution in [0.2, 0.25) is 0 Å². The molecule has 0 aliphatic rings. The molecule has 0 unspecified atom stereocenters. The minimum absolute atomic E-state index is 0.0882. The molecule has 0 spiro atoms. The van der Waals surface area contributed by atoms with Crippen LogP contribution in [0.1, 0.15) is 5.56 Å². The third-order valence-electron chi connectivity index (χ3n) is 4.42. The molecule has 0 fully saturated rings. The standard InChI is InChI=1S/C23H19FN4OS/c24-19-13-11-18(12-14-19)22-26-27-23(28(22)20-9-5-2-6-10-20)30-16-21(29)25-15-17-7-3-1-4-8-17/h1-14H,15-16H2,(H,25,29). The average Bonchev–Trinajstić information content (AvgIpc) is 3.22. The van der Waals surface area contributed by atoms with E-state index in [2.05, 4.69) is 15.5 Å². The van der Waals surface area contributed by atoms with Crippen LogP contribution in [0.5, 0.6) is 0 Å². The smallest absolute Gasteiger partial charge is 0.230 e. The molecular formula is C23H19FN4OS. The molecule has 1 aromatic heterocycles. The van der Waals surface area contributed by atoms with Crippen molar-refractivity contribution in [3.8, 4) is 17.1 Å². The number of rotatable bonds is 7. The summed E-state index contributed by atoms with van der Waals surface area (Å²) in [6.07, 6.45) is 0. The van der Waals surface area contributed by atoms with Gasteiger partial charge in [-0.05, 0) is 42.0 Å². The molecule has 0 bridgehead atoms. The molecule has 150 valence electrons. The lowest BCUT2D eigenvalue weighted by Crippen LogP contribution is -2.24. The summed E-state index contributed by atoms with van der Waals surface area (Å²) < 4.78 is 15.2. The average molecular weight is 418 g/mol. The Morgan fingerprint density at radius 1 is 0.900 bits per heavy atom. The number of halogens is 1.